The number of nitrogens with one attached hydrogen (secondary N) is 1. The molecule has 1 atom stereocenters. The Morgan fingerprint density at radius 3 is 2.75 bits per heavy atom. The molecule has 0 spiro atoms. The van der Waals surface area contributed by atoms with Crippen LogP contribution in [0.5, 0.6) is 0 Å². The molecule has 1 N–H and O–H groups in total. The lowest BCUT2D eigenvalue weighted by Crippen LogP contribution is -2.32. The van der Waals surface area contributed by atoms with Gasteiger partial charge in [0.1, 0.15) is 6.04 Å². The number of halogens is 1. The first-order valence-electron chi connectivity index (χ1n) is 6.47. The van der Waals surface area contributed by atoms with Gasteiger partial charge in [-0.25, -0.2) is 0 Å². The third-order valence-electron chi connectivity index (χ3n) is 3.15. The van der Waals surface area contributed by atoms with Gasteiger partial charge in [0, 0.05) is 31.5 Å². The Kier molecular flexibility index (Phi) is 4.44. The molecule has 2 heterocycles. The summed E-state index contributed by atoms with van der Waals surface area (Å²) in [6, 6.07) is -0.348. The third-order valence-corrected chi connectivity index (χ3v) is 3.34. The Bertz CT molecular complexity index is 604. The lowest BCUT2D eigenvalue weighted by molar-refractivity contribution is -0.124. The second kappa shape index (κ2) is 6.09. The largest absolute Gasteiger partial charge is 0.350 e. The summed E-state index contributed by atoms with van der Waals surface area (Å²) in [6.45, 7) is 4.32. The number of carbonyl (C=O) groups excluding carboxylic acids is 1. The molecule has 0 radical (unpaired) electrons. The van der Waals surface area contributed by atoms with Crippen molar-refractivity contribution in [1.82, 2.24) is 24.9 Å². The van der Waals surface area contributed by atoms with Crippen LogP contribution in [-0.2, 0) is 18.4 Å². The van der Waals surface area contributed by atoms with Gasteiger partial charge in [0.05, 0.1) is 16.9 Å². The molecule has 2 rings (SSSR count). The van der Waals surface area contributed by atoms with Gasteiger partial charge < -0.3 is 5.32 Å². The van der Waals surface area contributed by atoms with Crippen LogP contribution >= 0.6 is 11.6 Å². The number of rotatable bonds is 5. The standard InChI is InChI=1S/C13H18ClN5O/c1-4-12(19-8-11(14)6-16-19)13(20)15-5-10-7-18(3)17-9(10)2/h6-8,12H,4-5H2,1-3H3,(H,15,20). The fourth-order valence-corrected chi connectivity index (χ4v) is 2.24. The van der Waals surface area contributed by atoms with E-state index in [1.807, 2.05) is 27.1 Å². The topological polar surface area (TPSA) is 64.7 Å². The molecule has 7 heteroatoms. The maximum atomic E-state index is 12.2. The first kappa shape index (κ1) is 14.6. The lowest BCUT2D eigenvalue weighted by Gasteiger charge is -2.15. The van der Waals surface area contributed by atoms with Crippen LogP contribution in [0.4, 0.5) is 0 Å². The summed E-state index contributed by atoms with van der Waals surface area (Å²) in [6.07, 6.45) is 5.74. The molecule has 0 saturated heterocycles. The molecule has 1 unspecified atom stereocenters. The quantitative estimate of drug-likeness (QED) is 0.915. The molecule has 0 saturated carbocycles. The summed E-state index contributed by atoms with van der Waals surface area (Å²) in [4.78, 5) is 12.2. The van der Waals surface area contributed by atoms with E-state index in [-0.39, 0.29) is 11.9 Å². The highest BCUT2D eigenvalue weighted by Crippen LogP contribution is 2.15. The lowest BCUT2D eigenvalue weighted by atomic mass is 10.2. The van der Waals surface area contributed by atoms with E-state index in [4.69, 9.17) is 11.6 Å². The Morgan fingerprint density at radius 1 is 1.50 bits per heavy atom. The Hall–Kier alpha value is -1.82. The molecule has 0 aromatic carbocycles. The molecule has 2 aromatic heterocycles. The van der Waals surface area contributed by atoms with Crippen LogP contribution in [-0.4, -0.2) is 25.5 Å². The molecule has 6 nitrogen and oxygen atoms in total. The van der Waals surface area contributed by atoms with E-state index in [1.54, 1.807) is 15.6 Å². The van der Waals surface area contributed by atoms with Gasteiger partial charge in [0.15, 0.2) is 0 Å². The summed E-state index contributed by atoms with van der Waals surface area (Å²) in [5.41, 5.74) is 1.93. The Balaban J connectivity index is 2.01. The molecule has 0 aliphatic rings. The zero-order valence-electron chi connectivity index (χ0n) is 11.8. The van der Waals surface area contributed by atoms with E-state index in [9.17, 15) is 4.79 Å². The second-order valence-corrected chi connectivity index (χ2v) is 5.13. The summed E-state index contributed by atoms with van der Waals surface area (Å²) in [5.74, 6) is -0.0736. The van der Waals surface area contributed by atoms with Crippen molar-refractivity contribution >= 4 is 17.5 Å². The van der Waals surface area contributed by atoms with Crippen LogP contribution in [0.25, 0.3) is 0 Å². The van der Waals surface area contributed by atoms with Crippen molar-refractivity contribution < 1.29 is 4.79 Å². The molecular weight excluding hydrogens is 278 g/mol. The zero-order chi connectivity index (χ0) is 14.7. The fourth-order valence-electron chi connectivity index (χ4n) is 2.10. The number of nitrogens with zero attached hydrogens (tertiary/aromatic N) is 4. The van der Waals surface area contributed by atoms with E-state index < -0.39 is 0 Å². The number of amides is 1. The highest BCUT2D eigenvalue weighted by molar-refractivity contribution is 6.30. The second-order valence-electron chi connectivity index (χ2n) is 4.69. The minimum absolute atomic E-state index is 0.0736. The van der Waals surface area contributed by atoms with Crippen LogP contribution in [0.2, 0.25) is 5.02 Å². The van der Waals surface area contributed by atoms with Crippen molar-refractivity contribution in [3.05, 3.63) is 34.9 Å². The average Bonchev–Trinajstić information content (AvgIpc) is 2.94. The van der Waals surface area contributed by atoms with Gasteiger partial charge in [0.25, 0.3) is 0 Å². The first-order chi connectivity index (χ1) is 9.51. The van der Waals surface area contributed by atoms with Gasteiger partial charge in [-0.1, -0.05) is 18.5 Å². The van der Waals surface area contributed by atoms with Crippen molar-refractivity contribution in [3.63, 3.8) is 0 Å². The van der Waals surface area contributed by atoms with Crippen molar-refractivity contribution in [3.8, 4) is 0 Å². The molecule has 0 aliphatic carbocycles. The van der Waals surface area contributed by atoms with Gasteiger partial charge >= 0.3 is 0 Å². The van der Waals surface area contributed by atoms with Gasteiger partial charge in [-0.15, -0.1) is 0 Å². The molecule has 2 aromatic rings. The van der Waals surface area contributed by atoms with Crippen molar-refractivity contribution in [2.24, 2.45) is 7.05 Å². The highest BCUT2D eigenvalue weighted by atomic mass is 35.5. The SMILES string of the molecule is CCC(C(=O)NCc1cn(C)nc1C)n1cc(Cl)cn1. The summed E-state index contributed by atoms with van der Waals surface area (Å²) in [7, 11) is 1.86. The van der Waals surface area contributed by atoms with Crippen molar-refractivity contribution in [2.75, 3.05) is 0 Å². The minimum Gasteiger partial charge on any atom is -0.350 e. The normalized spacial score (nSPS) is 12.4. The molecule has 0 aliphatic heterocycles. The molecular formula is C13H18ClN5O. The van der Waals surface area contributed by atoms with Crippen molar-refractivity contribution in [1.29, 1.82) is 0 Å². The Morgan fingerprint density at radius 2 is 2.25 bits per heavy atom. The monoisotopic (exact) mass is 295 g/mol. The number of hydrogen-bond acceptors (Lipinski definition) is 3. The third kappa shape index (κ3) is 3.19. The van der Waals surface area contributed by atoms with Gasteiger partial charge in [-0.3, -0.25) is 14.2 Å². The number of aryl methyl sites for hydroxylation is 2. The number of hydrogen-bond donors (Lipinski definition) is 1. The molecule has 0 bridgehead atoms. The molecule has 1 amide bonds. The number of carbonyl (C=O) groups is 1. The number of aromatic nitrogens is 4. The highest BCUT2D eigenvalue weighted by Gasteiger charge is 2.19. The summed E-state index contributed by atoms with van der Waals surface area (Å²) < 4.78 is 3.33. The average molecular weight is 296 g/mol. The van der Waals surface area contributed by atoms with Crippen LogP contribution in [0.1, 0.15) is 30.6 Å². The predicted molar refractivity (Wildman–Crippen MR) is 76.4 cm³/mol. The van der Waals surface area contributed by atoms with Crippen LogP contribution in [0, 0.1) is 6.92 Å². The first-order valence-corrected chi connectivity index (χ1v) is 6.85. The molecule has 108 valence electrons. The molecule has 20 heavy (non-hydrogen) atoms. The van der Waals surface area contributed by atoms with Crippen LogP contribution < -0.4 is 5.32 Å². The van der Waals surface area contributed by atoms with Crippen LogP contribution in [0.15, 0.2) is 18.6 Å². The van der Waals surface area contributed by atoms with E-state index >= 15 is 0 Å². The van der Waals surface area contributed by atoms with Gasteiger partial charge in [0.2, 0.25) is 5.91 Å². The summed E-state index contributed by atoms with van der Waals surface area (Å²) in [5, 5.41) is 11.8. The maximum absolute atomic E-state index is 12.2. The fraction of sp³-hybridized carbons (Fsp3) is 0.462. The zero-order valence-corrected chi connectivity index (χ0v) is 12.6. The van der Waals surface area contributed by atoms with E-state index in [0.717, 1.165) is 11.3 Å². The molecule has 0 fully saturated rings. The smallest absolute Gasteiger partial charge is 0.245 e. The van der Waals surface area contributed by atoms with Gasteiger partial charge in [-0.2, -0.15) is 10.2 Å². The minimum atomic E-state index is -0.348. The Labute approximate surface area is 122 Å². The predicted octanol–water partition coefficient (Wildman–Crippen LogP) is 1.85. The summed E-state index contributed by atoms with van der Waals surface area (Å²) >= 11 is 5.84. The van der Waals surface area contributed by atoms with Crippen molar-refractivity contribution in [2.45, 2.75) is 32.9 Å². The van der Waals surface area contributed by atoms with E-state index in [1.165, 1.54) is 6.20 Å². The van der Waals surface area contributed by atoms with E-state index in [2.05, 4.69) is 15.5 Å². The van der Waals surface area contributed by atoms with Gasteiger partial charge in [-0.05, 0) is 13.3 Å². The van der Waals surface area contributed by atoms with E-state index in [0.29, 0.717) is 18.0 Å². The van der Waals surface area contributed by atoms with Crippen LogP contribution in [0.3, 0.4) is 0 Å². The maximum Gasteiger partial charge on any atom is 0.245 e.